The third-order valence-corrected chi connectivity index (χ3v) is 7.33. The minimum absolute atomic E-state index is 0.145. The van der Waals surface area contributed by atoms with Crippen molar-refractivity contribution in [3.63, 3.8) is 0 Å². The Kier molecular flexibility index (Phi) is 4.72. The molecule has 1 unspecified atom stereocenters. The van der Waals surface area contributed by atoms with E-state index < -0.39 is 5.60 Å². The summed E-state index contributed by atoms with van der Waals surface area (Å²) < 4.78 is 9.37. The summed E-state index contributed by atoms with van der Waals surface area (Å²) in [4.78, 5) is 13.8. The number of carbonyl (C=O) groups excluding carboxylic acids is 1. The van der Waals surface area contributed by atoms with Gasteiger partial charge in [0, 0.05) is 24.8 Å². The Morgan fingerprint density at radius 3 is 2.26 bits per heavy atom. The van der Waals surface area contributed by atoms with Crippen molar-refractivity contribution in [2.45, 2.75) is 26.4 Å². The highest BCUT2D eigenvalue weighted by atomic mass is 127. The number of hydrogen-bond donors (Lipinski definition) is 0. The first-order valence-electron chi connectivity index (χ1n) is 8.80. The molecular weight excluding hydrogens is 467 g/mol. The molecule has 0 aliphatic heterocycles. The third kappa shape index (κ3) is 3.60. The summed E-state index contributed by atoms with van der Waals surface area (Å²) in [6, 6.07) is 23.2. The number of carbonyl (C=O) groups is 1. The van der Waals surface area contributed by atoms with E-state index in [-0.39, 0.29) is 16.4 Å². The predicted octanol–water partition coefficient (Wildman–Crippen LogP) is 7.29. The monoisotopic (exact) mass is 487 g/mol. The maximum absolute atomic E-state index is 12.5. The molecule has 1 heterocycles. The van der Waals surface area contributed by atoms with E-state index in [4.69, 9.17) is 4.74 Å². The lowest BCUT2D eigenvalue weighted by Crippen LogP contribution is -2.23. The van der Waals surface area contributed by atoms with Crippen LogP contribution >= 0.6 is 33.1 Å². The van der Waals surface area contributed by atoms with E-state index in [2.05, 4.69) is 77.2 Å². The van der Waals surface area contributed by atoms with Gasteiger partial charge in [0.1, 0.15) is 5.60 Å². The highest BCUT2D eigenvalue weighted by molar-refractivity contribution is 14.1. The van der Waals surface area contributed by atoms with Gasteiger partial charge in [0.15, 0.2) is 14.3 Å². The average Bonchev–Trinajstić information content (AvgIpc) is 2.95. The van der Waals surface area contributed by atoms with Crippen molar-refractivity contribution < 1.29 is 9.53 Å². The summed E-state index contributed by atoms with van der Waals surface area (Å²) in [6.07, 6.45) is 0. The van der Waals surface area contributed by atoms with Crippen LogP contribution in [0.5, 0.6) is 0 Å². The molecular formula is C23H20IO2S+. The summed E-state index contributed by atoms with van der Waals surface area (Å²) in [6.45, 7) is 5.67. The van der Waals surface area contributed by atoms with Crippen molar-refractivity contribution in [1.82, 2.24) is 0 Å². The summed E-state index contributed by atoms with van der Waals surface area (Å²) in [5.41, 5.74) is 0.103. The molecule has 0 aliphatic rings. The molecule has 4 heteroatoms. The van der Waals surface area contributed by atoms with Gasteiger partial charge in [0.25, 0.3) is 0 Å². The van der Waals surface area contributed by atoms with E-state index in [1.54, 1.807) is 0 Å². The fourth-order valence-corrected chi connectivity index (χ4v) is 5.91. The summed E-state index contributed by atoms with van der Waals surface area (Å²) in [5, 5.41) is 2.34. The van der Waals surface area contributed by atoms with E-state index in [0.717, 1.165) is 5.39 Å². The highest BCUT2D eigenvalue weighted by Crippen LogP contribution is 2.48. The molecule has 4 rings (SSSR count). The minimum Gasteiger partial charge on any atom is -0.456 e. The molecule has 3 aromatic carbocycles. The number of ether oxygens (including phenoxy) is 1. The SMILES string of the molecule is CC(C)(C)OC(=O)c1ccc2c(c1)c1ccccc1[s+]2-c1ccc(I)cc1. The standard InChI is InChI=1S/C23H20IO2S/c1-23(2,3)26-22(25)15-8-13-21-19(14-15)18-6-4-5-7-20(18)27(21)17-11-9-16(24)10-12-17/h4-14H,1-3H3/q+1. The molecule has 27 heavy (non-hydrogen) atoms. The predicted molar refractivity (Wildman–Crippen MR) is 123 cm³/mol. The van der Waals surface area contributed by atoms with Gasteiger partial charge >= 0.3 is 5.97 Å². The van der Waals surface area contributed by atoms with Crippen LogP contribution in [-0.4, -0.2) is 11.6 Å². The van der Waals surface area contributed by atoms with Gasteiger partial charge < -0.3 is 4.74 Å². The fourth-order valence-electron chi connectivity index (χ4n) is 3.19. The lowest BCUT2D eigenvalue weighted by molar-refractivity contribution is 0.00697. The molecule has 0 fully saturated rings. The Balaban J connectivity index is 1.94. The largest absolute Gasteiger partial charge is 0.456 e. The Bertz CT molecular complexity index is 1150. The van der Waals surface area contributed by atoms with Crippen molar-refractivity contribution >= 4 is 59.2 Å². The van der Waals surface area contributed by atoms with Crippen LogP contribution in [-0.2, 0) is 4.74 Å². The quantitative estimate of drug-likeness (QED) is 0.169. The van der Waals surface area contributed by atoms with Crippen molar-refractivity contribution in [2.24, 2.45) is 0 Å². The lowest BCUT2D eigenvalue weighted by atomic mass is 10.1. The van der Waals surface area contributed by atoms with Gasteiger partial charge in [-0.2, -0.15) is 0 Å². The Morgan fingerprint density at radius 2 is 1.56 bits per heavy atom. The molecule has 0 amide bonds. The Hall–Kier alpha value is -1.92. The molecule has 0 radical (unpaired) electrons. The van der Waals surface area contributed by atoms with Gasteiger partial charge in [-0.15, -0.1) is 0 Å². The van der Waals surface area contributed by atoms with Crippen molar-refractivity contribution in [3.8, 4) is 4.90 Å². The summed E-state index contributed by atoms with van der Waals surface area (Å²) >= 11 is 2.33. The molecule has 0 bridgehead atoms. The van der Waals surface area contributed by atoms with Gasteiger partial charge in [-0.3, -0.25) is 0 Å². The summed E-state index contributed by atoms with van der Waals surface area (Å²) in [5.74, 6) is -0.274. The topological polar surface area (TPSA) is 26.3 Å². The Labute approximate surface area is 175 Å². The lowest BCUT2D eigenvalue weighted by Gasteiger charge is -2.19. The van der Waals surface area contributed by atoms with E-state index in [0.29, 0.717) is 5.56 Å². The maximum atomic E-state index is 12.5. The number of rotatable bonds is 2. The molecule has 1 atom stereocenters. The fraction of sp³-hybridized carbons (Fsp3) is 0.174. The van der Waals surface area contributed by atoms with Crippen LogP contribution in [0.25, 0.3) is 25.1 Å². The van der Waals surface area contributed by atoms with Gasteiger partial charge in [-0.05, 0) is 98.0 Å². The van der Waals surface area contributed by atoms with Crippen LogP contribution in [0.1, 0.15) is 31.1 Å². The van der Waals surface area contributed by atoms with Crippen molar-refractivity contribution in [2.75, 3.05) is 0 Å². The first-order chi connectivity index (χ1) is 12.8. The second-order valence-electron chi connectivity index (χ2n) is 7.47. The molecule has 0 spiro atoms. The molecule has 136 valence electrons. The molecule has 0 saturated carbocycles. The third-order valence-electron chi connectivity index (χ3n) is 4.28. The zero-order valence-corrected chi connectivity index (χ0v) is 18.4. The second-order valence-corrected chi connectivity index (χ2v) is 10.7. The van der Waals surface area contributed by atoms with Gasteiger partial charge in [0.05, 0.1) is 5.56 Å². The normalized spacial score (nSPS) is 12.5. The van der Waals surface area contributed by atoms with Gasteiger partial charge in [0.2, 0.25) is 0 Å². The molecule has 2 nitrogen and oxygen atoms in total. The number of benzene rings is 3. The molecule has 1 aromatic heterocycles. The van der Waals surface area contributed by atoms with Crippen LogP contribution in [0, 0.1) is 3.57 Å². The molecule has 4 aromatic rings. The number of hydrogen-bond acceptors (Lipinski definition) is 2. The molecule has 0 aliphatic carbocycles. The first-order valence-corrected chi connectivity index (χ1v) is 11.1. The van der Waals surface area contributed by atoms with E-state index in [1.807, 2.05) is 32.9 Å². The van der Waals surface area contributed by atoms with E-state index in [9.17, 15) is 4.79 Å². The van der Waals surface area contributed by atoms with Crippen LogP contribution in [0.2, 0.25) is 0 Å². The maximum Gasteiger partial charge on any atom is 0.338 e. The van der Waals surface area contributed by atoms with Crippen LogP contribution in [0.15, 0.2) is 66.7 Å². The first kappa shape index (κ1) is 18.4. The second kappa shape index (κ2) is 6.91. The zero-order chi connectivity index (χ0) is 19.2. The van der Waals surface area contributed by atoms with Gasteiger partial charge in [-0.25, -0.2) is 4.79 Å². The highest BCUT2D eigenvalue weighted by Gasteiger charge is 2.25. The molecule has 0 saturated heterocycles. The Morgan fingerprint density at radius 1 is 0.889 bits per heavy atom. The number of fused-ring (bicyclic) bond motifs is 3. The van der Waals surface area contributed by atoms with Gasteiger partial charge in [-0.1, -0.05) is 12.1 Å². The van der Waals surface area contributed by atoms with E-state index >= 15 is 0 Å². The number of thiophene rings is 1. The zero-order valence-electron chi connectivity index (χ0n) is 15.5. The minimum atomic E-state index is -0.501. The summed E-state index contributed by atoms with van der Waals surface area (Å²) in [7, 11) is -0.145. The van der Waals surface area contributed by atoms with E-state index in [1.165, 1.54) is 23.3 Å². The van der Waals surface area contributed by atoms with Crippen LogP contribution in [0.4, 0.5) is 0 Å². The van der Waals surface area contributed by atoms with Crippen molar-refractivity contribution in [3.05, 3.63) is 75.9 Å². The number of esters is 1. The van der Waals surface area contributed by atoms with Crippen molar-refractivity contribution in [1.29, 1.82) is 0 Å². The molecule has 0 N–H and O–H groups in total. The van der Waals surface area contributed by atoms with Crippen LogP contribution in [0.3, 0.4) is 0 Å². The van der Waals surface area contributed by atoms with Crippen LogP contribution < -0.4 is 0 Å². The number of halogens is 1. The smallest absolute Gasteiger partial charge is 0.338 e. The average molecular weight is 487 g/mol.